The van der Waals surface area contributed by atoms with Crippen LogP contribution in [0.3, 0.4) is 0 Å². The van der Waals surface area contributed by atoms with Crippen molar-refractivity contribution in [2.24, 2.45) is 0 Å². The zero-order valence-electron chi connectivity index (χ0n) is 22.0. The molecule has 0 aliphatic heterocycles. The first-order chi connectivity index (χ1) is 20.5. The van der Waals surface area contributed by atoms with Crippen molar-refractivity contribution in [3.63, 3.8) is 0 Å². The number of rotatable bonds is 9. The molecule has 0 bridgehead atoms. The van der Waals surface area contributed by atoms with Crippen LogP contribution in [-0.4, -0.2) is 51.0 Å². The number of nitrogens with one attached hydrogen (secondary N) is 2. The number of aromatic hydroxyl groups is 2. The first-order valence-electron chi connectivity index (χ1n) is 12.2. The van der Waals surface area contributed by atoms with Crippen LogP contribution in [0.25, 0.3) is 21.5 Å². The fourth-order valence-electron chi connectivity index (χ4n) is 4.38. The van der Waals surface area contributed by atoms with Gasteiger partial charge in [-0.3, -0.25) is 24.0 Å². The third-order valence-electron chi connectivity index (χ3n) is 6.42. The lowest BCUT2D eigenvalue weighted by Crippen LogP contribution is -2.27. The zero-order chi connectivity index (χ0) is 32.0. The summed E-state index contributed by atoms with van der Waals surface area (Å²) in [6.45, 7) is 0. The van der Waals surface area contributed by atoms with Crippen molar-refractivity contribution in [2.75, 3.05) is 15.2 Å². The average molecular weight is 660 g/mol. The maximum atomic E-state index is 13.1. The molecule has 6 N–H and O–H groups in total. The molecular formula is C27H21N3O11S3. The zero-order valence-corrected chi connectivity index (χ0v) is 24.4. The van der Waals surface area contributed by atoms with Gasteiger partial charge in [-0.2, -0.15) is 16.8 Å². The molecule has 5 aromatic rings. The molecule has 228 valence electrons. The van der Waals surface area contributed by atoms with E-state index in [0.717, 1.165) is 35.3 Å². The number of anilines is 3. The Labute approximate surface area is 250 Å². The van der Waals surface area contributed by atoms with Crippen molar-refractivity contribution in [1.82, 2.24) is 0 Å². The van der Waals surface area contributed by atoms with E-state index >= 15 is 0 Å². The largest absolute Gasteiger partial charge is 0.507 e. The number of nitrogens with zero attached hydrogens (tertiary/aromatic N) is 1. The Hall–Kier alpha value is -4.94. The molecule has 14 nitrogen and oxygen atoms in total. The predicted molar refractivity (Wildman–Crippen MR) is 160 cm³/mol. The summed E-state index contributed by atoms with van der Waals surface area (Å²) in [6.07, 6.45) is 0.404. The Morgan fingerprint density at radius 2 is 1.20 bits per heavy atom. The van der Waals surface area contributed by atoms with E-state index < -0.39 is 51.5 Å². The minimum absolute atomic E-state index is 0.163. The molecule has 0 saturated carbocycles. The second-order valence-corrected chi connectivity index (χ2v) is 13.9. The number of phenols is 2. The fourth-order valence-corrected chi connectivity index (χ4v) is 6.55. The van der Waals surface area contributed by atoms with Crippen LogP contribution >= 0.6 is 0 Å². The molecule has 0 aromatic heterocycles. The third-order valence-corrected chi connectivity index (χ3v) is 9.46. The normalized spacial score (nSPS) is 12.2. The molecule has 0 aliphatic rings. The van der Waals surface area contributed by atoms with Crippen LogP contribution in [0.2, 0.25) is 0 Å². The smallest absolute Gasteiger partial charge is 0.294 e. The van der Waals surface area contributed by atoms with Gasteiger partial charge in [0.25, 0.3) is 30.3 Å². The van der Waals surface area contributed by atoms with Gasteiger partial charge < -0.3 is 10.2 Å². The van der Waals surface area contributed by atoms with Crippen molar-refractivity contribution in [2.45, 2.75) is 14.7 Å². The lowest BCUT2D eigenvalue weighted by atomic mass is 10.1. The molecule has 5 rings (SSSR count). The standard InChI is InChI=1S/C27H21N3O11S3/c31-15-30(20-5-7-25-17(9-20)11-23(14-27(25)33)44(39,40)41)28-18-4-6-24-16(8-18)10-22(13-26(24)32)42(34,35)29-19-2-1-3-21(12-19)43(36,37)38/h1-15,28-29,32-33H,(H,36,37,38)(H,39,40,41). The lowest BCUT2D eigenvalue weighted by Gasteiger charge is -2.21. The summed E-state index contributed by atoms with van der Waals surface area (Å²) >= 11 is 0. The van der Waals surface area contributed by atoms with E-state index in [1.165, 1.54) is 54.6 Å². The molecule has 0 heterocycles. The van der Waals surface area contributed by atoms with Crippen LogP contribution < -0.4 is 15.2 Å². The van der Waals surface area contributed by atoms with Crippen LogP contribution in [0, 0.1) is 0 Å². The summed E-state index contributed by atoms with van der Waals surface area (Å²) in [6, 6.07) is 17.4. The van der Waals surface area contributed by atoms with Gasteiger partial charge in [0.2, 0.25) is 6.41 Å². The predicted octanol–water partition coefficient (Wildman–Crippen LogP) is 3.69. The van der Waals surface area contributed by atoms with Crippen molar-refractivity contribution in [3.05, 3.63) is 84.9 Å². The Bertz CT molecular complexity index is 2310. The molecule has 5 aromatic carbocycles. The number of carbonyl (C=O) groups excluding carboxylic acids is 1. The van der Waals surface area contributed by atoms with Crippen LogP contribution in [0.1, 0.15) is 0 Å². The van der Waals surface area contributed by atoms with E-state index in [1.807, 2.05) is 0 Å². The Morgan fingerprint density at radius 1 is 0.614 bits per heavy atom. The second-order valence-electron chi connectivity index (χ2n) is 9.40. The van der Waals surface area contributed by atoms with E-state index in [0.29, 0.717) is 6.41 Å². The van der Waals surface area contributed by atoms with Gasteiger partial charge in [-0.05, 0) is 77.5 Å². The summed E-state index contributed by atoms with van der Waals surface area (Å²) in [5.41, 5.74) is 3.11. The van der Waals surface area contributed by atoms with Crippen LogP contribution in [-0.2, 0) is 35.1 Å². The van der Waals surface area contributed by atoms with Gasteiger partial charge in [0, 0.05) is 22.9 Å². The lowest BCUT2D eigenvalue weighted by molar-refractivity contribution is -0.107. The number of benzene rings is 5. The Balaban J connectivity index is 1.47. The van der Waals surface area contributed by atoms with Crippen LogP contribution in [0.5, 0.6) is 11.5 Å². The molecule has 1 amide bonds. The number of phenolic OH excluding ortho intramolecular Hbond substituents is 2. The fraction of sp³-hybridized carbons (Fsp3) is 0. The van der Waals surface area contributed by atoms with Gasteiger partial charge in [-0.1, -0.05) is 6.07 Å². The Morgan fingerprint density at radius 3 is 1.84 bits per heavy atom. The van der Waals surface area contributed by atoms with E-state index in [4.69, 9.17) is 0 Å². The number of sulfonamides is 1. The third kappa shape index (κ3) is 6.21. The summed E-state index contributed by atoms with van der Waals surface area (Å²) < 4.78 is 93.0. The first-order valence-corrected chi connectivity index (χ1v) is 16.5. The molecule has 0 spiro atoms. The highest BCUT2D eigenvalue weighted by atomic mass is 32.2. The second kappa shape index (κ2) is 11.0. The summed E-state index contributed by atoms with van der Waals surface area (Å²) in [5, 5.41) is 22.7. The average Bonchev–Trinajstić information content (AvgIpc) is 2.94. The highest BCUT2D eigenvalue weighted by Crippen LogP contribution is 2.34. The Kier molecular flexibility index (Phi) is 7.60. The van der Waals surface area contributed by atoms with Gasteiger partial charge in [0.15, 0.2) is 0 Å². The number of hydrogen-bond donors (Lipinski definition) is 6. The van der Waals surface area contributed by atoms with E-state index in [1.54, 1.807) is 0 Å². The summed E-state index contributed by atoms with van der Waals surface area (Å²) in [5.74, 6) is -0.801. The molecular weight excluding hydrogens is 639 g/mol. The highest BCUT2D eigenvalue weighted by Gasteiger charge is 2.20. The molecule has 0 atom stereocenters. The molecule has 0 aliphatic carbocycles. The maximum Gasteiger partial charge on any atom is 0.294 e. The van der Waals surface area contributed by atoms with Gasteiger partial charge in [-0.25, -0.2) is 13.4 Å². The number of hydrogen-bond acceptors (Lipinski definition) is 10. The summed E-state index contributed by atoms with van der Waals surface area (Å²) in [7, 11) is -13.6. The highest BCUT2D eigenvalue weighted by molar-refractivity contribution is 7.92. The minimum Gasteiger partial charge on any atom is -0.507 e. The first kappa shape index (κ1) is 30.5. The van der Waals surface area contributed by atoms with E-state index in [2.05, 4.69) is 10.1 Å². The number of amides is 1. The minimum atomic E-state index is -4.63. The topological polar surface area (TPSA) is 228 Å². The van der Waals surface area contributed by atoms with Crippen molar-refractivity contribution < 1.29 is 49.4 Å². The van der Waals surface area contributed by atoms with Gasteiger partial charge in [0.05, 0.1) is 31.7 Å². The van der Waals surface area contributed by atoms with Crippen LogP contribution in [0.4, 0.5) is 17.1 Å². The number of carbonyl (C=O) groups is 1. The van der Waals surface area contributed by atoms with Crippen molar-refractivity contribution >= 4 is 75.3 Å². The van der Waals surface area contributed by atoms with Gasteiger partial charge >= 0.3 is 0 Å². The number of fused-ring (bicyclic) bond motifs is 2. The quantitative estimate of drug-likeness (QED) is 0.0756. The van der Waals surface area contributed by atoms with Gasteiger partial charge in [0.1, 0.15) is 11.5 Å². The van der Waals surface area contributed by atoms with Crippen LogP contribution in [0.15, 0.2) is 99.6 Å². The number of hydrazine groups is 1. The summed E-state index contributed by atoms with van der Waals surface area (Å²) in [4.78, 5) is 10.5. The molecule has 44 heavy (non-hydrogen) atoms. The SMILES string of the molecule is O=CN(Nc1ccc2c(O)cc(S(=O)(=O)Nc3cccc(S(=O)(=O)O)c3)cc2c1)c1ccc2c(O)cc(S(=O)(=O)O)cc2c1. The molecule has 0 saturated heterocycles. The molecule has 0 unspecified atom stereocenters. The monoisotopic (exact) mass is 659 g/mol. The molecule has 17 heteroatoms. The molecule has 0 fully saturated rings. The van der Waals surface area contributed by atoms with Gasteiger partial charge in [-0.15, -0.1) is 0 Å². The van der Waals surface area contributed by atoms with E-state index in [-0.39, 0.29) is 43.5 Å². The molecule has 0 radical (unpaired) electrons. The van der Waals surface area contributed by atoms with Crippen molar-refractivity contribution in [3.8, 4) is 11.5 Å². The van der Waals surface area contributed by atoms with E-state index in [9.17, 15) is 49.4 Å². The van der Waals surface area contributed by atoms with Crippen molar-refractivity contribution in [1.29, 1.82) is 0 Å². The maximum absolute atomic E-state index is 13.1.